The summed E-state index contributed by atoms with van der Waals surface area (Å²) in [6, 6.07) is 16.4. The van der Waals surface area contributed by atoms with E-state index >= 15 is 0 Å². The summed E-state index contributed by atoms with van der Waals surface area (Å²) in [4.78, 5) is 12.6. The number of ether oxygens (including phenoxy) is 1. The maximum absolute atomic E-state index is 12.6. The largest absolute Gasteiger partial charge is 0.487 e. The zero-order valence-corrected chi connectivity index (χ0v) is 18.2. The van der Waals surface area contributed by atoms with Gasteiger partial charge in [0.25, 0.3) is 5.91 Å². The second kappa shape index (κ2) is 8.65. The molecule has 1 amide bonds. The van der Waals surface area contributed by atoms with Crippen LogP contribution in [0.3, 0.4) is 0 Å². The molecule has 0 spiro atoms. The fourth-order valence-corrected chi connectivity index (χ4v) is 3.28. The highest BCUT2D eigenvalue weighted by Gasteiger charge is 2.11. The van der Waals surface area contributed by atoms with Gasteiger partial charge in [-0.15, -0.1) is 0 Å². The smallest absolute Gasteiger partial charge is 0.255 e. The van der Waals surface area contributed by atoms with Crippen LogP contribution in [0.2, 0.25) is 5.02 Å². The van der Waals surface area contributed by atoms with E-state index in [-0.39, 0.29) is 5.91 Å². The molecule has 0 bridgehead atoms. The highest BCUT2D eigenvalue weighted by Crippen LogP contribution is 2.23. The standard InChI is InChI=1S/C23H22ClN5O2/c1-15-22(24)16(2)29(26-15)20-8-6-18(7-9-20)25-23(30)17-4-10-21(11-5-17)31-14-19-12-13-28(3)27-19/h4-13H,14H2,1-3H3,(H,25,30). The monoisotopic (exact) mass is 435 g/mol. The van der Waals surface area contributed by atoms with Crippen molar-refractivity contribution in [2.75, 3.05) is 5.32 Å². The number of aryl methyl sites for hydroxylation is 2. The number of aromatic nitrogens is 4. The zero-order valence-electron chi connectivity index (χ0n) is 17.5. The Balaban J connectivity index is 1.38. The van der Waals surface area contributed by atoms with E-state index in [0.717, 1.165) is 22.8 Å². The lowest BCUT2D eigenvalue weighted by atomic mass is 10.2. The molecule has 4 rings (SSSR count). The molecule has 0 radical (unpaired) electrons. The van der Waals surface area contributed by atoms with E-state index in [4.69, 9.17) is 16.3 Å². The number of halogens is 1. The number of carbonyl (C=O) groups excluding carboxylic acids is 1. The van der Waals surface area contributed by atoms with Crippen LogP contribution in [0.25, 0.3) is 5.69 Å². The summed E-state index contributed by atoms with van der Waals surface area (Å²) in [5, 5.41) is 12.3. The Morgan fingerprint density at radius 2 is 1.74 bits per heavy atom. The number of benzene rings is 2. The quantitative estimate of drug-likeness (QED) is 0.476. The van der Waals surface area contributed by atoms with Crippen molar-refractivity contribution in [1.29, 1.82) is 0 Å². The SMILES string of the molecule is Cc1nn(-c2ccc(NC(=O)c3ccc(OCc4ccn(C)n4)cc3)cc2)c(C)c1Cl. The van der Waals surface area contributed by atoms with E-state index in [0.29, 0.717) is 28.6 Å². The van der Waals surface area contributed by atoms with Gasteiger partial charge in [-0.05, 0) is 68.4 Å². The predicted octanol–water partition coefficient (Wildman–Crippen LogP) is 4.71. The maximum atomic E-state index is 12.6. The second-order valence-corrected chi connectivity index (χ2v) is 7.57. The summed E-state index contributed by atoms with van der Waals surface area (Å²) in [7, 11) is 1.86. The summed E-state index contributed by atoms with van der Waals surface area (Å²) in [6.07, 6.45) is 1.87. The molecule has 2 aromatic carbocycles. The van der Waals surface area contributed by atoms with Gasteiger partial charge in [-0.25, -0.2) is 4.68 Å². The summed E-state index contributed by atoms with van der Waals surface area (Å²) in [5.41, 5.74) is 4.61. The highest BCUT2D eigenvalue weighted by atomic mass is 35.5. The van der Waals surface area contributed by atoms with E-state index in [1.165, 1.54) is 0 Å². The van der Waals surface area contributed by atoms with Gasteiger partial charge < -0.3 is 10.1 Å². The van der Waals surface area contributed by atoms with Crippen molar-refractivity contribution >= 4 is 23.2 Å². The average molecular weight is 436 g/mol. The molecular weight excluding hydrogens is 414 g/mol. The van der Waals surface area contributed by atoms with Gasteiger partial charge in [0.15, 0.2) is 0 Å². The molecule has 0 fully saturated rings. The number of nitrogens with zero attached hydrogens (tertiary/aromatic N) is 4. The minimum absolute atomic E-state index is 0.196. The van der Waals surface area contributed by atoms with Gasteiger partial charge in [0.1, 0.15) is 12.4 Å². The number of nitrogens with one attached hydrogen (secondary N) is 1. The van der Waals surface area contributed by atoms with E-state index in [1.54, 1.807) is 33.6 Å². The Morgan fingerprint density at radius 1 is 1.03 bits per heavy atom. The van der Waals surface area contributed by atoms with E-state index in [1.807, 2.05) is 57.4 Å². The van der Waals surface area contributed by atoms with Crippen LogP contribution >= 0.6 is 11.6 Å². The van der Waals surface area contributed by atoms with Crippen LogP contribution in [-0.4, -0.2) is 25.5 Å². The molecule has 0 atom stereocenters. The molecule has 2 heterocycles. The lowest BCUT2D eigenvalue weighted by Gasteiger charge is -2.09. The Bertz CT molecular complexity index is 1210. The third-order valence-electron chi connectivity index (χ3n) is 4.84. The fourth-order valence-electron chi connectivity index (χ4n) is 3.16. The highest BCUT2D eigenvalue weighted by molar-refractivity contribution is 6.31. The first-order chi connectivity index (χ1) is 14.9. The maximum Gasteiger partial charge on any atom is 0.255 e. The minimum atomic E-state index is -0.196. The van der Waals surface area contributed by atoms with Crippen LogP contribution in [0.4, 0.5) is 5.69 Å². The molecule has 0 saturated heterocycles. The molecule has 2 aromatic heterocycles. The van der Waals surface area contributed by atoms with Crippen LogP contribution in [0.5, 0.6) is 5.75 Å². The van der Waals surface area contributed by atoms with Gasteiger partial charge in [-0.1, -0.05) is 11.6 Å². The van der Waals surface area contributed by atoms with E-state index in [2.05, 4.69) is 15.5 Å². The summed E-state index contributed by atoms with van der Waals surface area (Å²) >= 11 is 6.23. The lowest BCUT2D eigenvalue weighted by Crippen LogP contribution is -2.12. The van der Waals surface area contributed by atoms with Crippen molar-refractivity contribution in [3.05, 3.63) is 88.5 Å². The van der Waals surface area contributed by atoms with Crippen molar-refractivity contribution < 1.29 is 9.53 Å². The minimum Gasteiger partial charge on any atom is -0.487 e. The third kappa shape index (κ3) is 4.62. The molecule has 1 N–H and O–H groups in total. The molecule has 8 heteroatoms. The predicted molar refractivity (Wildman–Crippen MR) is 120 cm³/mol. The molecule has 7 nitrogen and oxygen atoms in total. The zero-order chi connectivity index (χ0) is 22.0. The summed E-state index contributed by atoms with van der Waals surface area (Å²) in [5.74, 6) is 0.480. The van der Waals surface area contributed by atoms with Crippen molar-refractivity contribution in [2.24, 2.45) is 7.05 Å². The number of hydrogen-bond acceptors (Lipinski definition) is 4. The van der Waals surface area contributed by atoms with Crippen LogP contribution < -0.4 is 10.1 Å². The van der Waals surface area contributed by atoms with E-state index in [9.17, 15) is 4.79 Å². The molecular formula is C23H22ClN5O2. The first-order valence-electron chi connectivity index (χ1n) is 9.75. The van der Waals surface area contributed by atoms with Gasteiger partial charge >= 0.3 is 0 Å². The van der Waals surface area contributed by atoms with Crippen LogP contribution in [-0.2, 0) is 13.7 Å². The Kier molecular flexibility index (Phi) is 5.77. The van der Waals surface area contributed by atoms with E-state index < -0.39 is 0 Å². The Hall–Kier alpha value is -3.58. The molecule has 0 unspecified atom stereocenters. The molecule has 0 saturated carbocycles. The van der Waals surface area contributed by atoms with Gasteiger partial charge in [-0.3, -0.25) is 9.48 Å². The van der Waals surface area contributed by atoms with Gasteiger partial charge in [-0.2, -0.15) is 10.2 Å². The number of rotatable bonds is 6. The van der Waals surface area contributed by atoms with Crippen molar-refractivity contribution in [1.82, 2.24) is 19.6 Å². The fraction of sp³-hybridized carbons (Fsp3) is 0.174. The topological polar surface area (TPSA) is 74.0 Å². The molecule has 0 aliphatic rings. The first-order valence-corrected chi connectivity index (χ1v) is 10.1. The van der Waals surface area contributed by atoms with Crippen molar-refractivity contribution in [3.8, 4) is 11.4 Å². The van der Waals surface area contributed by atoms with Crippen LogP contribution in [0.1, 0.15) is 27.4 Å². The summed E-state index contributed by atoms with van der Waals surface area (Å²) < 4.78 is 9.22. The van der Waals surface area contributed by atoms with Gasteiger partial charge in [0, 0.05) is 24.5 Å². The van der Waals surface area contributed by atoms with Gasteiger partial charge in [0.2, 0.25) is 0 Å². The molecule has 158 valence electrons. The molecule has 31 heavy (non-hydrogen) atoms. The lowest BCUT2D eigenvalue weighted by molar-refractivity contribution is 0.102. The summed E-state index contributed by atoms with van der Waals surface area (Å²) in [6.45, 7) is 4.16. The van der Waals surface area contributed by atoms with Crippen LogP contribution in [0.15, 0.2) is 60.8 Å². The average Bonchev–Trinajstić information content (AvgIpc) is 3.31. The number of anilines is 1. The van der Waals surface area contributed by atoms with Crippen LogP contribution in [0, 0.1) is 13.8 Å². The van der Waals surface area contributed by atoms with Crippen molar-refractivity contribution in [2.45, 2.75) is 20.5 Å². The van der Waals surface area contributed by atoms with Gasteiger partial charge in [0.05, 0.1) is 27.8 Å². The normalized spacial score (nSPS) is 10.8. The number of amides is 1. The third-order valence-corrected chi connectivity index (χ3v) is 5.39. The first kappa shape index (κ1) is 20.7. The number of hydrogen-bond donors (Lipinski definition) is 1. The molecule has 4 aromatic rings. The van der Waals surface area contributed by atoms with Crippen molar-refractivity contribution in [3.63, 3.8) is 0 Å². The Morgan fingerprint density at radius 3 is 2.32 bits per heavy atom. The second-order valence-electron chi connectivity index (χ2n) is 7.19. The molecule has 0 aliphatic carbocycles. The Labute approximate surface area is 185 Å². The molecule has 0 aliphatic heterocycles. The number of carbonyl (C=O) groups is 1.